The molecule has 0 unspecified atom stereocenters. The molecule has 0 aliphatic heterocycles. The molecular weight excluding hydrogens is 312 g/mol. The third-order valence-corrected chi connectivity index (χ3v) is 4.91. The van der Waals surface area contributed by atoms with Gasteiger partial charge in [0.1, 0.15) is 12.4 Å². The molecule has 1 fully saturated rings. The van der Waals surface area contributed by atoms with Crippen LogP contribution >= 0.6 is 0 Å². The fraction of sp³-hybridized carbons (Fsp3) is 0.333. The van der Waals surface area contributed by atoms with E-state index in [1.807, 2.05) is 36.4 Å². The summed E-state index contributed by atoms with van der Waals surface area (Å²) in [5, 5.41) is 4.14. The van der Waals surface area contributed by atoms with Crippen molar-refractivity contribution in [3.63, 3.8) is 0 Å². The maximum absolute atomic E-state index is 5.89. The summed E-state index contributed by atoms with van der Waals surface area (Å²) >= 11 is 0. The predicted octanol–water partition coefficient (Wildman–Crippen LogP) is 5.28. The van der Waals surface area contributed by atoms with E-state index in [-0.39, 0.29) is 0 Å². The number of rotatable bonds is 5. The molecule has 1 aromatic heterocycles. The molecule has 0 radical (unpaired) electrons. The van der Waals surface area contributed by atoms with Crippen LogP contribution in [-0.4, -0.2) is 10.1 Å². The molecule has 0 bridgehead atoms. The Morgan fingerprint density at radius 2 is 1.80 bits per heavy atom. The zero-order valence-electron chi connectivity index (χ0n) is 14.4. The molecule has 4 rings (SSSR count). The normalized spacial score (nSPS) is 14.8. The first-order chi connectivity index (χ1) is 12.3. The summed E-state index contributed by atoms with van der Waals surface area (Å²) in [5.74, 6) is 2.73. The van der Waals surface area contributed by atoms with Crippen molar-refractivity contribution < 1.29 is 9.26 Å². The molecule has 1 heterocycles. The van der Waals surface area contributed by atoms with Crippen LogP contribution in [0.4, 0.5) is 0 Å². The van der Waals surface area contributed by atoms with Crippen molar-refractivity contribution in [2.45, 2.75) is 45.1 Å². The molecule has 25 heavy (non-hydrogen) atoms. The van der Waals surface area contributed by atoms with E-state index in [1.54, 1.807) is 0 Å². The number of aryl methyl sites for hydroxylation is 1. The number of aromatic nitrogens is 2. The molecule has 0 N–H and O–H groups in total. The zero-order chi connectivity index (χ0) is 17.1. The van der Waals surface area contributed by atoms with Crippen molar-refractivity contribution in [3.05, 3.63) is 65.5 Å². The Kier molecular flexibility index (Phi) is 4.51. The second kappa shape index (κ2) is 7.09. The van der Waals surface area contributed by atoms with E-state index >= 15 is 0 Å². The van der Waals surface area contributed by atoms with Gasteiger partial charge in [-0.25, -0.2) is 0 Å². The second-order valence-corrected chi connectivity index (χ2v) is 6.68. The van der Waals surface area contributed by atoms with Crippen LogP contribution in [0.1, 0.15) is 48.6 Å². The molecule has 0 spiro atoms. The van der Waals surface area contributed by atoms with Crippen molar-refractivity contribution in [3.8, 4) is 17.1 Å². The van der Waals surface area contributed by atoms with Gasteiger partial charge in [-0.05, 0) is 55.2 Å². The Morgan fingerprint density at radius 3 is 2.56 bits per heavy atom. The lowest BCUT2D eigenvalue weighted by molar-refractivity contribution is 0.305. The van der Waals surface area contributed by atoms with Crippen LogP contribution in [0.25, 0.3) is 11.4 Å². The number of benzene rings is 2. The molecule has 1 aliphatic rings. The first-order valence-electron chi connectivity index (χ1n) is 8.91. The van der Waals surface area contributed by atoms with Crippen molar-refractivity contribution >= 4 is 0 Å². The Balaban J connectivity index is 1.42. The quantitative estimate of drug-likeness (QED) is 0.637. The third kappa shape index (κ3) is 3.58. The van der Waals surface area contributed by atoms with Gasteiger partial charge in [0.15, 0.2) is 0 Å². The Bertz CT molecular complexity index is 833. The minimum atomic E-state index is 0.443. The second-order valence-electron chi connectivity index (χ2n) is 6.68. The van der Waals surface area contributed by atoms with Crippen LogP contribution in [-0.2, 0) is 6.61 Å². The van der Waals surface area contributed by atoms with Gasteiger partial charge < -0.3 is 9.26 Å². The van der Waals surface area contributed by atoms with Gasteiger partial charge in [-0.2, -0.15) is 4.98 Å². The minimum Gasteiger partial charge on any atom is -0.489 e. The smallest absolute Gasteiger partial charge is 0.230 e. The Labute approximate surface area is 147 Å². The fourth-order valence-electron chi connectivity index (χ4n) is 3.32. The Hall–Kier alpha value is -2.62. The van der Waals surface area contributed by atoms with Gasteiger partial charge in [-0.15, -0.1) is 0 Å². The van der Waals surface area contributed by atoms with E-state index < -0.39 is 0 Å². The lowest BCUT2D eigenvalue weighted by atomic mass is 10.1. The molecule has 3 aromatic rings. The van der Waals surface area contributed by atoms with Gasteiger partial charge in [0.2, 0.25) is 11.7 Å². The van der Waals surface area contributed by atoms with Gasteiger partial charge in [0.05, 0.1) is 0 Å². The molecule has 1 saturated carbocycles. The molecule has 0 amide bonds. The van der Waals surface area contributed by atoms with E-state index in [1.165, 1.54) is 24.0 Å². The lowest BCUT2D eigenvalue weighted by Gasteiger charge is -2.08. The number of hydrogen-bond acceptors (Lipinski definition) is 4. The third-order valence-electron chi connectivity index (χ3n) is 4.91. The summed E-state index contributed by atoms with van der Waals surface area (Å²) in [6.45, 7) is 2.67. The summed E-state index contributed by atoms with van der Waals surface area (Å²) in [6.07, 6.45) is 4.84. The van der Waals surface area contributed by atoms with E-state index in [2.05, 4.69) is 29.2 Å². The lowest BCUT2D eigenvalue weighted by Crippen LogP contribution is -1.97. The molecule has 4 heteroatoms. The topological polar surface area (TPSA) is 48.2 Å². The van der Waals surface area contributed by atoms with Crippen molar-refractivity contribution in [2.75, 3.05) is 0 Å². The molecular formula is C21H22N2O2. The van der Waals surface area contributed by atoms with Crippen LogP contribution in [0.2, 0.25) is 0 Å². The first-order valence-corrected chi connectivity index (χ1v) is 8.91. The minimum absolute atomic E-state index is 0.443. The highest BCUT2D eigenvalue weighted by atomic mass is 16.5. The summed E-state index contributed by atoms with van der Waals surface area (Å²) < 4.78 is 11.3. The first kappa shape index (κ1) is 15.9. The monoisotopic (exact) mass is 334 g/mol. The standard InChI is InChI=1S/C21H22N2O2/c1-15-6-2-3-9-18(15)14-24-19-12-10-16(11-13-19)20-22-21(25-23-20)17-7-4-5-8-17/h2-3,6,9-13,17H,4-5,7-8,14H2,1H3. The van der Waals surface area contributed by atoms with Gasteiger partial charge in [0, 0.05) is 11.5 Å². The predicted molar refractivity (Wildman–Crippen MR) is 96.5 cm³/mol. The SMILES string of the molecule is Cc1ccccc1COc1ccc(-c2noc(C3CCCC3)n2)cc1. The molecule has 0 atom stereocenters. The van der Waals surface area contributed by atoms with Crippen molar-refractivity contribution in [1.29, 1.82) is 0 Å². The van der Waals surface area contributed by atoms with Crippen molar-refractivity contribution in [2.24, 2.45) is 0 Å². The maximum atomic E-state index is 5.89. The van der Waals surface area contributed by atoms with Crippen molar-refractivity contribution in [1.82, 2.24) is 10.1 Å². The maximum Gasteiger partial charge on any atom is 0.230 e. The molecule has 0 saturated heterocycles. The average Bonchev–Trinajstić information content (AvgIpc) is 3.33. The average molecular weight is 334 g/mol. The zero-order valence-corrected chi connectivity index (χ0v) is 14.4. The van der Waals surface area contributed by atoms with Crippen LogP contribution in [0.5, 0.6) is 5.75 Å². The summed E-state index contributed by atoms with van der Waals surface area (Å²) in [4.78, 5) is 4.58. The number of ether oxygens (including phenoxy) is 1. The molecule has 2 aromatic carbocycles. The largest absolute Gasteiger partial charge is 0.489 e. The van der Waals surface area contributed by atoms with Crippen LogP contribution < -0.4 is 4.74 Å². The van der Waals surface area contributed by atoms with E-state index in [9.17, 15) is 0 Å². The van der Waals surface area contributed by atoms with Gasteiger partial charge in [0.25, 0.3) is 0 Å². The molecule has 128 valence electrons. The highest BCUT2D eigenvalue weighted by Gasteiger charge is 2.23. The van der Waals surface area contributed by atoms with Crippen LogP contribution in [0, 0.1) is 6.92 Å². The van der Waals surface area contributed by atoms with E-state index in [4.69, 9.17) is 9.26 Å². The number of hydrogen-bond donors (Lipinski definition) is 0. The summed E-state index contributed by atoms with van der Waals surface area (Å²) in [7, 11) is 0. The van der Waals surface area contributed by atoms with Gasteiger partial charge in [-0.3, -0.25) is 0 Å². The highest BCUT2D eigenvalue weighted by molar-refractivity contribution is 5.55. The molecule has 4 nitrogen and oxygen atoms in total. The summed E-state index contributed by atoms with van der Waals surface area (Å²) in [5.41, 5.74) is 3.40. The number of nitrogens with zero attached hydrogens (tertiary/aromatic N) is 2. The van der Waals surface area contributed by atoms with E-state index in [0.29, 0.717) is 18.3 Å². The molecule has 1 aliphatic carbocycles. The Morgan fingerprint density at radius 1 is 1.04 bits per heavy atom. The highest BCUT2D eigenvalue weighted by Crippen LogP contribution is 2.34. The van der Waals surface area contributed by atoms with Gasteiger partial charge >= 0.3 is 0 Å². The van der Waals surface area contributed by atoms with Crippen LogP contribution in [0.15, 0.2) is 53.1 Å². The summed E-state index contributed by atoms with van der Waals surface area (Å²) in [6, 6.07) is 16.1. The van der Waals surface area contributed by atoms with Crippen LogP contribution in [0.3, 0.4) is 0 Å². The van der Waals surface area contributed by atoms with E-state index in [0.717, 1.165) is 30.0 Å². The fourth-order valence-corrected chi connectivity index (χ4v) is 3.32. The van der Waals surface area contributed by atoms with Gasteiger partial charge in [-0.1, -0.05) is 42.3 Å².